The number of hydrogen-bond acceptors (Lipinski definition) is 3. The molecule has 15 heavy (non-hydrogen) atoms. The van der Waals surface area contributed by atoms with E-state index in [2.05, 4.69) is 4.98 Å². The molecule has 0 amide bonds. The Morgan fingerprint density at radius 2 is 1.87 bits per heavy atom. The summed E-state index contributed by atoms with van der Waals surface area (Å²) in [5.41, 5.74) is -0.321. The number of aromatic nitrogens is 1. The molecule has 0 bridgehead atoms. The van der Waals surface area contributed by atoms with Crippen LogP contribution in [0.25, 0.3) is 11.3 Å². The van der Waals surface area contributed by atoms with Crippen LogP contribution in [-0.2, 0) is 0 Å². The van der Waals surface area contributed by atoms with Gasteiger partial charge in [0.05, 0.1) is 18.0 Å². The second kappa shape index (κ2) is 3.61. The van der Waals surface area contributed by atoms with Gasteiger partial charge in [-0.25, -0.2) is 8.78 Å². The predicted octanol–water partition coefficient (Wildman–Crippen LogP) is 2.43. The zero-order chi connectivity index (χ0) is 10.8. The molecule has 0 atom stereocenters. The maximum atomic E-state index is 13.2. The minimum atomic E-state index is -0.832. The first-order valence-corrected chi connectivity index (χ1v) is 4.07. The highest BCUT2D eigenvalue weighted by atomic mass is 19.1. The first kappa shape index (κ1) is 9.51. The van der Waals surface area contributed by atoms with Crippen molar-refractivity contribution in [2.75, 3.05) is 0 Å². The van der Waals surface area contributed by atoms with Crippen LogP contribution in [0.4, 0.5) is 8.78 Å². The molecular weight excluding hydrogens is 204 g/mol. The number of nitrogens with zero attached hydrogens (tertiary/aromatic N) is 1. The molecule has 76 valence electrons. The van der Waals surface area contributed by atoms with Crippen molar-refractivity contribution in [1.82, 2.24) is 4.98 Å². The highest BCUT2D eigenvalue weighted by Gasteiger charge is 2.15. The summed E-state index contributed by atoms with van der Waals surface area (Å²) in [6, 6.07) is 2.66. The van der Waals surface area contributed by atoms with Crippen LogP contribution in [-0.4, -0.2) is 11.3 Å². The molecule has 2 aromatic rings. The zero-order valence-electron chi connectivity index (χ0n) is 7.41. The Bertz CT molecular complexity index is 488. The summed E-state index contributed by atoms with van der Waals surface area (Å²) in [5, 5.41) is 0. The van der Waals surface area contributed by atoms with Crippen LogP contribution in [0.15, 0.2) is 28.9 Å². The lowest BCUT2D eigenvalue weighted by Crippen LogP contribution is -1.90. The predicted molar refractivity (Wildman–Crippen MR) is 47.2 cm³/mol. The van der Waals surface area contributed by atoms with Crippen LogP contribution in [0.1, 0.15) is 10.6 Å². The standard InChI is InChI=1S/C10H5F2NO2/c11-7-3-13-4-8(12)10(7)9-2-1-6(5-14)15-9/h1-5H. The van der Waals surface area contributed by atoms with Crippen molar-refractivity contribution in [3.8, 4) is 11.3 Å². The molecule has 0 aromatic carbocycles. The normalized spacial score (nSPS) is 10.3. The summed E-state index contributed by atoms with van der Waals surface area (Å²) in [6.45, 7) is 0. The largest absolute Gasteiger partial charge is 0.453 e. The Labute approximate surface area is 83.4 Å². The first-order chi connectivity index (χ1) is 7.22. The molecule has 0 N–H and O–H groups in total. The van der Waals surface area contributed by atoms with Gasteiger partial charge < -0.3 is 4.42 Å². The van der Waals surface area contributed by atoms with E-state index in [4.69, 9.17) is 4.42 Å². The Morgan fingerprint density at radius 3 is 2.40 bits per heavy atom. The van der Waals surface area contributed by atoms with Crippen LogP contribution < -0.4 is 0 Å². The third kappa shape index (κ3) is 1.63. The molecule has 2 rings (SSSR count). The van der Waals surface area contributed by atoms with Gasteiger partial charge in [0.1, 0.15) is 5.76 Å². The monoisotopic (exact) mass is 209 g/mol. The number of carbonyl (C=O) groups excluding carboxylic acids is 1. The van der Waals surface area contributed by atoms with E-state index in [9.17, 15) is 13.6 Å². The molecule has 0 unspecified atom stereocenters. The van der Waals surface area contributed by atoms with E-state index in [1.165, 1.54) is 12.1 Å². The third-order valence-electron chi connectivity index (χ3n) is 1.84. The van der Waals surface area contributed by atoms with Gasteiger partial charge in [-0.1, -0.05) is 0 Å². The van der Waals surface area contributed by atoms with E-state index in [-0.39, 0.29) is 17.1 Å². The lowest BCUT2D eigenvalue weighted by Gasteiger charge is -1.99. The number of carbonyl (C=O) groups is 1. The SMILES string of the molecule is O=Cc1ccc(-c2c(F)cncc2F)o1. The quantitative estimate of drug-likeness (QED) is 0.713. The highest BCUT2D eigenvalue weighted by molar-refractivity contribution is 5.72. The number of aldehydes is 1. The van der Waals surface area contributed by atoms with Crippen LogP contribution in [0.3, 0.4) is 0 Å². The molecule has 0 aliphatic heterocycles. The van der Waals surface area contributed by atoms with Crippen molar-refractivity contribution in [1.29, 1.82) is 0 Å². The summed E-state index contributed by atoms with van der Waals surface area (Å²) in [4.78, 5) is 13.7. The Balaban J connectivity index is 2.58. The van der Waals surface area contributed by atoms with Crippen molar-refractivity contribution >= 4 is 6.29 Å². The number of rotatable bonds is 2. The van der Waals surface area contributed by atoms with Gasteiger partial charge in [-0.2, -0.15) is 0 Å². The molecular formula is C10H5F2NO2. The first-order valence-electron chi connectivity index (χ1n) is 4.07. The smallest absolute Gasteiger partial charge is 0.185 e. The van der Waals surface area contributed by atoms with Crippen LogP contribution >= 0.6 is 0 Å². The van der Waals surface area contributed by atoms with Crippen LogP contribution in [0, 0.1) is 11.6 Å². The van der Waals surface area contributed by atoms with E-state index >= 15 is 0 Å². The second-order valence-electron chi connectivity index (χ2n) is 2.80. The molecule has 5 heteroatoms. The van der Waals surface area contributed by atoms with E-state index in [0.29, 0.717) is 6.29 Å². The molecule has 0 aliphatic carbocycles. The number of halogens is 2. The van der Waals surface area contributed by atoms with Crippen molar-refractivity contribution in [2.24, 2.45) is 0 Å². The summed E-state index contributed by atoms with van der Waals surface area (Å²) in [6.07, 6.45) is 2.21. The highest BCUT2D eigenvalue weighted by Crippen LogP contribution is 2.26. The Morgan fingerprint density at radius 1 is 1.20 bits per heavy atom. The number of pyridine rings is 1. The summed E-state index contributed by atoms with van der Waals surface area (Å²) >= 11 is 0. The van der Waals surface area contributed by atoms with Gasteiger partial charge in [0.15, 0.2) is 23.7 Å². The summed E-state index contributed by atoms with van der Waals surface area (Å²) in [5.74, 6) is -1.68. The van der Waals surface area contributed by atoms with E-state index in [0.717, 1.165) is 12.4 Å². The maximum absolute atomic E-state index is 13.2. The lowest BCUT2D eigenvalue weighted by atomic mass is 10.2. The molecule has 0 saturated heterocycles. The Hall–Kier alpha value is -2.04. The number of hydrogen-bond donors (Lipinski definition) is 0. The van der Waals surface area contributed by atoms with Gasteiger partial charge in [-0.3, -0.25) is 9.78 Å². The molecule has 3 nitrogen and oxygen atoms in total. The van der Waals surface area contributed by atoms with Gasteiger partial charge in [-0.05, 0) is 12.1 Å². The van der Waals surface area contributed by atoms with E-state index in [1.807, 2.05) is 0 Å². The fourth-order valence-electron chi connectivity index (χ4n) is 1.20. The lowest BCUT2D eigenvalue weighted by molar-refractivity contribution is 0.110. The summed E-state index contributed by atoms with van der Waals surface area (Å²) in [7, 11) is 0. The minimum absolute atomic E-state index is 0.0145. The van der Waals surface area contributed by atoms with Gasteiger partial charge in [0, 0.05) is 0 Å². The molecule has 0 aliphatic rings. The average Bonchev–Trinajstić information content (AvgIpc) is 2.66. The van der Waals surface area contributed by atoms with Crippen LogP contribution in [0.5, 0.6) is 0 Å². The van der Waals surface area contributed by atoms with Crippen molar-refractivity contribution in [3.63, 3.8) is 0 Å². The topological polar surface area (TPSA) is 43.1 Å². The second-order valence-corrected chi connectivity index (χ2v) is 2.80. The zero-order valence-corrected chi connectivity index (χ0v) is 7.41. The molecule has 0 saturated carbocycles. The minimum Gasteiger partial charge on any atom is -0.453 e. The average molecular weight is 209 g/mol. The number of furan rings is 1. The maximum Gasteiger partial charge on any atom is 0.185 e. The molecule has 2 aromatic heterocycles. The van der Waals surface area contributed by atoms with Gasteiger partial charge in [-0.15, -0.1) is 0 Å². The molecule has 0 spiro atoms. The molecule has 0 fully saturated rings. The van der Waals surface area contributed by atoms with Gasteiger partial charge in [0.2, 0.25) is 0 Å². The molecule has 2 heterocycles. The van der Waals surface area contributed by atoms with Crippen LogP contribution in [0.2, 0.25) is 0 Å². The van der Waals surface area contributed by atoms with Crippen molar-refractivity contribution in [3.05, 3.63) is 41.9 Å². The Kier molecular flexibility index (Phi) is 2.29. The van der Waals surface area contributed by atoms with Gasteiger partial charge in [0.25, 0.3) is 0 Å². The fourth-order valence-corrected chi connectivity index (χ4v) is 1.20. The third-order valence-corrected chi connectivity index (χ3v) is 1.84. The van der Waals surface area contributed by atoms with Crippen molar-refractivity contribution < 1.29 is 18.0 Å². The van der Waals surface area contributed by atoms with Gasteiger partial charge >= 0.3 is 0 Å². The molecule has 0 radical (unpaired) electrons. The van der Waals surface area contributed by atoms with E-state index < -0.39 is 11.6 Å². The fraction of sp³-hybridized carbons (Fsp3) is 0. The van der Waals surface area contributed by atoms with Crippen molar-refractivity contribution in [2.45, 2.75) is 0 Å². The van der Waals surface area contributed by atoms with E-state index in [1.54, 1.807) is 0 Å². The summed E-state index contributed by atoms with van der Waals surface area (Å²) < 4.78 is 31.3.